The quantitative estimate of drug-likeness (QED) is 0.550. The lowest BCUT2D eigenvalue weighted by atomic mass is 9.65. The van der Waals surface area contributed by atoms with Crippen molar-refractivity contribution in [3.05, 3.63) is 59.2 Å². The number of rotatable bonds is 4. The van der Waals surface area contributed by atoms with Gasteiger partial charge in [0, 0.05) is 6.61 Å². The topological polar surface area (TPSA) is 9.23 Å². The SMILES string of the molecule is CCOC1CCC2CC(c3cc(F)c(-c4ccc(C)cc4)c(F)c3)CCC2C1. The van der Waals surface area contributed by atoms with Crippen LogP contribution in [0.1, 0.15) is 62.5 Å². The van der Waals surface area contributed by atoms with Crippen LogP contribution in [0.2, 0.25) is 0 Å². The van der Waals surface area contributed by atoms with Crippen molar-refractivity contribution in [1.82, 2.24) is 0 Å². The van der Waals surface area contributed by atoms with Crippen LogP contribution in [0.15, 0.2) is 36.4 Å². The molecular formula is C25H30F2O. The van der Waals surface area contributed by atoms with Crippen molar-refractivity contribution in [2.45, 2.75) is 64.4 Å². The van der Waals surface area contributed by atoms with Gasteiger partial charge in [-0.1, -0.05) is 29.8 Å². The van der Waals surface area contributed by atoms with Crippen LogP contribution in [0.5, 0.6) is 0 Å². The first kappa shape index (κ1) is 19.6. The summed E-state index contributed by atoms with van der Waals surface area (Å²) in [4.78, 5) is 0. The monoisotopic (exact) mass is 384 g/mol. The minimum atomic E-state index is -0.443. The van der Waals surface area contributed by atoms with E-state index in [4.69, 9.17) is 4.74 Å². The first-order chi connectivity index (χ1) is 13.5. The highest BCUT2D eigenvalue weighted by Gasteiger charge is 2.36. The molecule has 0 N–H and O–H groups in total. The zero-order valence-electron chi connectivity index (χ0n) is 16.9. The maximum Gasteiger partial charge on any atom is 0.134 e. The highest BCUT2D eigenvalue weighted by atomic mass is 19.1. The Kier molecular flexibility index (Phi) is 5.82. The molecule has 2 aromatic rings. The minimum absolute atomic E-state index is 0.0923. The van der Waals surface area contributed by atoms with Crippen LogP contribution in [-0.4, -0.2) is 12.7 Å². The maximum atomic E-state index is 14.9. The normalized spacial score (nSPS) is 27.4. The van der Waals surface area contributed by atoms with Gasteiger partial charge < -0.3 is 4.74 Å². The first-order valence-corrected chi connectivity index (χ1v) is 10.7. The van der Waals surface area contributed by atoms with Gasteiger partial charge in [0.1, 0.15) is 11.6 Å². The summed E-state index contributed by atoms with van der Waals surface area (Å²) in [6.07, 6.45) is 7.07. The molecule has 0 spiro atoms. The summed E-state index contributed by atoms with van der Waals surface area (Å²) < 4.78 is 35.6. The third-order valence-corrected chi connectivity index (χ3v) is 6.84. The van der Waals surface area contributed by atoms with E-state index in [1.165, 1.54) is 6.42 Å². The number of halogens is 2. The predicted molar refractivity (Wildman–Crippen MR) is 109 cm³/mol. The van der Waals surface area contributed by atoms with Gasteiger partial charge in [0.2, 0.25) is 0 Å². The molecule has 2 saturated carbocycles. The van der Waals surface area contributed by atoms with Gasteiger partial charge in [-0.2, -0.15) is 0 Å². The van der Waals surface area contributed by atoms with E-state index in [9.17, 15) is 8.78 Å². The Bertz CT molecular complexity index is 791. The third kappa shape index (κ3) is 4.00. The fourth-order valence-electron chi connectivity index (χ4n) is 5.36. The van der Waals surface area contributed by atoms with Crippen molar-refractivity contribution in [2.24, 2.45) is 11.8 Å². The molecule has 150 valence electrons. The molecule has 0 radical (unpaired) electrons. The number of hydrogen-bond donors (Lipinski definition) is 0. The second-order valence-corrected chi connectivity index (χ2v) is 8.65. The molecule has 0 bridgehead atoms. The zero-order chi connectivity index (χ0) is 19.7. The highest BCUT2D eigenvalue weighted by molar-refractivity contribution is 5.65. The van der Waals surface area contributed by atoms with E-state index >= 15 is 0 Å². The number of hydrogen-bond acceptors (Lipinski definition) is 1. The van der Waals surface area contributed by atoms with Gasteiger partial charge in [0.25, 0.3) is 0 Å². The van der Waals surface area contributed by atoms with Gasteiger partial charge in [-0.25, -0.2) is 8.78 Å². The van der Waals surface area contributed by atoms with E-state index in [0.29, 0.717) is 23.5 Å². The lowest BCUT2D eigenvalue weighted by molar-refractivity contribution is -0.00957. The van der Waals surface area contributed by atoms with Crippen molar-refractivity contribution in [1.29, 1.82) is 0 Å². The molecule has 3 heteroatoms. The average molecular weight is 385 g/mol. The largest absolute Gasteiger partial charge is 0.378 e. The number of fused-ring (bicyclic) bond motifs is 1. The van der Waals surface area contributed by atoms with Crippen LogP contribution >= 0.6 is 0 Å². The smallest absolute Gasteiger partial charge is 0.134 e. The van der Waals surface area contributed by atoms with Crippen molar-refractivity contribution >= 4 is 0 Å². The van der Waals surface area contributed by atoms with Gasteiger partial charge in [0.15, 0.2) is 0 Å². The lowest BCUT2D eigenvalue weighted by Gasteiger charge is -2.42. The first-order valence-electron chi connectivity index (χ1n) is 10.7. The summed E-state index contributed by atoms with van der Waals surface area (Å²) in [6.45, 7) is 4.82. The van der Waals surface area contributed by atoms with E-state index in [2.05, 4.69) is 6.92 Å². The second kappa shape index (κ2) is 8.32. The number of ether oxygens (including phenoxy) is 1. The fraction of sp³-hybridized carbons (Fsp3) is 0.520. The molecule has 1 nitrogen and oxygen atoms in total. The summed E-state index contributed by atoms with van der Waals surface area (Å²) in [6, 6.07) is 10.5. The Morgan fingerprint density at radius 3 is 2.21 bits per heavy atom. The average Bonchev–Trinajstić information content (AvgIpc) is 2.68. The van der Waals surface area contributed by atoms with E-state index < -0.39 is 11.6 Å². The van der Waals surface area contributed by atoms with Crippen LogP contribution in [0.25, 0.3) is 11.1 Å². The van der Waals surface area contributed by atoms with E-state index in [-0.39, 0.29) is 11.5 Å². The molecule has 0 aromatic heterocycles. The summed E-state index contributed by atoms with van der Waals surface area (Å²) in [5.41, 5.74) is 2.60. The van der Waals surface area contributed by atoms with E-state index in [1.54, 1.807) is 24.3 Å². The summed E-state index contributed by atoms with van der Waals surface area (Å²) in [5.74, 6) is 0.754. The van der Waals surface area contributed by atoms with Gasteiger partial charge >= 0.3 is 0 Å². The zero-order valence-corrected chi connectivity index (χ0v) is 16.9. The molecule has 0 aliphatic heterocycles. The van der Waals surface area contributed by atoms with Crippen molar-refractivity contribution in [2.75, 3.05) is 6.61 Å². The second-order valence-electron chi connectivity index (χ2n) is 8.65. The van der Waals surface area contributed by atoms with Crippen LogP contribution in [0, 0.1) is 30.4 Å². The molecule has 2 fully saturated rings. The maximum absolute atomic E-state index is 14.9. The van der Waals surface area contributed by atoms with Gasteiger partial charge in [-0.3, -0.25) is 0 Å². The van der Waals surface area contributed by atoms with Crippen molar-refractivity contribution in [3.63, 3.8) is 0 Å². The molecule has 28 heavy (non-hydrogen) atoms. The highest BCUT2D eigenvalue weighted by Crippen LogP contribution is 2.47. The van der Waals surface area contributed by atoms with Gasteiger partial charge in [-0.05, 0) is 93.4 Å². The standard InChI is InChI=1S/C25H30F2O/c1-3-28-22-11-10-18-12-19(8-9-20(18)13-22)21-14-23(26)25(24(27)15-21)17-6-4-16(2)5-7-17/h4-7,14-15,18-20,22H,3,8-13H2,1-2H3. The molecule has 0 amide bonds. The molecule has 2 aliphatic carbocycles. The molecule has 0 heterocycles. The molecular weight excluding hydrogens is 354 g/mol. The molecule has 4 rings (SSSR count). The molecule has 4 atom stereocenters. The summed E-state index contributed by atoms with van der Waals surface area (Å²) >= 11 is 0. The van der Waals surface area contributed by atoms with E-state index in [0.717, 1.165) is 49.8 Å². The number of benzene rings is 2. The molecule has 4 unspecified atom stereocenters. The van der Waals surface area contributed by atoms with Crippen LogP contribution in [0.3, 0.4) is 0 Å². The van der Waals surface area contributed by atoms with Crippen molar-refractivity contribution in [3.8, 4) is 11.1 Å². The van der Waals surface area contributed by atoms with Gasteiger partial charge in [-0.15, -0.1) is 0 Å². The van der Waals surface area contributed by atoms with Crippen LogP contribution in [-0.2, 0) is 4.74 Å². The molecule has 2 aliphatic rings. The number of aryl methyl sites for hydroxylation is 1. The molecule has 2 aromatic carbocycles. The van der Waals surface area contributed by atoms with Crippen LogP contribution < -0.4 is 0 Å². The Balaban J connectivity index is 1.51. The Hall–Kier alpha value is -1.74. The van der Waals surface area contributed by atoms with E-state index in [1.807, 2.05) is 19.1 Å². The summed E-state index contributed by atoms with van der Waals surface area (Å²) in [5, 5.41) is 0. The predicted octanol–water partition coefficient (Wildman–Crippen LogP) is 7.03. The Labute approximate surface area is 167 Å². The van der Waals surface area contributed by atoms with Crippen LogP contribution in [0.4, 0.5) is 8.78 Å². The molecule has 0 saturated heterocycles. The lowest BCUT2D eigenvalue weighted by Crippen LogP contribution is -2.33. The third-order valence-electron chi connectivity index (χ3n) is 6.84. The van der Waals surface area contributed by atoms with Gasteiger partial charge in [0.05, 0.1) is 11.7 Å². The fourth-order valence-corrected chi connectivity index (χ4v) is 5.36. The minimum Gasteiger partial charge on any atom is -0.378 e. The Morgan fingerprint density at radius 2 is 1.54 bits per heavy atom. The Morgan fingerprint density at radius 1 is 0.893 bits per heavy atom. The summed E-state index contributed by atoms with van der Waals surface area (Å²) in [7, 11) is 0. The van der Waals surface area contributed by atoms with Crippen molar-refractivity contribution < 1.29 is 13.5 Å².